The van der Waals surface area contributed by atoms with Gasteiger partial charge in [-0.15, -0.1) is 0 Å². The number of hydrogen-bond acceptors (Lipinski definition) is 5. The van der Waals surface area contributed by atoms with Crippen LogP contribution in [0.1, 0.15) is 26.3 Å². The Balaban J connectivity index is 2.41. The molecule has 0 aliphatic carbocycles. The summed E-state index contributed by atoms with van der Waals surface area (Å²) < 4.78 is 15.7. The minimum atomic E-state index is -0.507. The summed E-state index contributed by atoms with van der Waals surface area (Å²) in [6, 6.07) is 5.64. The Morgan fingerprint density at radius 1 is 1.08 bits per heavy atom. The normalized spacial score (nSPS) is 11.5. The number of alkyl carbamates (subject to hydrolysis) is 1. The number of carbonyl (C=O) groups excluding carboxylic acids is 1. The quantitative estimate of drug-likeness (QED) is 0.388. The first kappa shape index (κ1) is 21.4. The molecule has 0 heterocycles. The van der Waals surface area contributed by atoms with Gasteiger partial charge in [0.05, 0.1) is 14.2 Å². The highest BCUT2D eigenvalue weighted by atomic mass is 16.6. The first-order valence-electron chi connectivity index (χ1n) is 8.41. The van der Waals surface area contributed by atoms with E-state index in [1.54, 1.807) is 21.3 Å². The molecule has 0 saturated heterocycles. The number of carbonyl (C=O) groups is 1. The van der Waals surface area contributed by atoms with Crippen LogP contribution in [0.2, 0.25) is 0 Å². The van der Waals surface area contributed by atoms with Gasteiger partial charge < -0.3 is 30.2 Å². The third kappa shape index (κ3) is 7.96. The summed E-state index contributed by atoms with van der Waals surface area (Å²) in [5, 5.41) is 9.00. The SMILES string of the molecule is CN=C(NCCNC(=O)OC(C)(C)C)NCc1ccc(OC)cc1OC. The molecule has 0 fully saturated rings. The molecule has 0 bridgehead atoms. The van der Waals surface area contributed by atoms with E-state index in [2.05, 4.69) is 20.9 Å². The summed E-state index contributed by atoms with van der Waals surface area (Å²) in [4.78, 5) is 15.7. The molecule has 0 spiro atoms. The van der Waals surface area contributed by atoms with E-state index in [0.717, 1.165) is 17.1 Å². The number of nitrogens with one attached hydrogen (secondary N) is 3. The van der Waals surface area contributed by atoms with Gasteiger partial charge in [-0.05, 0) is 32.9 Å². The Hall–Kier alpha value is -2.64. The summed E-state index contributed by atoms with van der Waals surface area (Å²) in [7, 11) is 4.92. The van der Waals surface area contributed by atoms with E-state index >= 15 is 0 Å². The van der Waals surface area contributed by atoms with Crippen molar-refractivity contribution >= 4 is 12.1 Å². The van der Waals surface area contributed by atoms with Gasteiger partial charge in [-0.3, -0.25) is 4.99 Å². The number of rotatable bonds is 7. The fraction of sp³-hybridized carbons (Fsp3) is 0.556. The minimum Gasteiger partial charge on any atom is -0.497 e. The fourth-order valence-electron chi connectivity index (χ4n) is 2.06. The molecule has 1 amide bonds. The summed E-state index contributed by atoms with van der Waals surface area (Å²) in [6.07, 6.45) is -0.440. The van der Waals surface area contributed by atoms with Crippen molar-refractivity contribution in [3.63, 3.8) is 0 Å². The van der Waals surface area contributed by atoms with E-state index in [1.807, 2.05) is 39.0 Å². The van der Waals surface area contributed by atoms with Crippen LogP contribution >= 0.6 is 0 Å². The molecule has 0 saturated carbocycles. The molecular weight excluding hydrogens is 336 g/mol. The van der Waals surface area contributed by atoms with Gasteiger partial charge in [0.2, 0.25) is 0 Å². The molecule has 0 radical (unpaired) electrons. The third-order valence-electron chi connectivity index (χ3n) is 3.25. The van der Waals surface area contributed by atoms with Gasteiger partial charge >= 0.3 is 6.09 Å². The van der Waals surface area contributed by atoms with Gasteiger partial charge in [0, 0.05) is 38.3 Å². The predicted octanol–water partition coefficient (Wildman–Crippen LogP) is 1.89. The van der Waals surface area contributed by atoms with Crippen molar-refractivity contribution < 1.29 is 19.0 Å². The van der Waals surface area contributed by atoms with Gasteiger partial charge in [0.25, 0.3) is 0 Å². The molecule has 0 aromatic heterocycles. The maximum absolute atomic E-state index is 11.6. The third-order valence-corrected chi connectivity index (χ3v) is 3.25. The number of benzene rings is 1. The summed E-state index contributed by atoms with van der Waals surface area (Å²) in [5.74, 6) is 2.09. The van der Waals surface area contributed by atoms with Crippen molar-refractivity contribution in [3.05, 3.63) is 23.8 Å². The van der Waals surface area contributed by atoms with Crippen LogP contribution < -0.4 is 25.4 Å². The highest BCUT2D eigenvalue weighted by molar-refractivity contribution is 5.79. The van der Waals surface area contributed by atoms with Crippen molar-refractivity contribution in [2.45, 2.75) is 32.9 Å². The lowest BCUT2D eigenvalue weighted by molar-refractivity contribution is 0.0529. The Morgan fingerprint density at radius 3 is 2.35 bits per heavy atom. The van der Waals surface area contributed by atoms with Crippen molar-refractivity contribution in [2.75, 3.05) is 34.4 Å². The molecule has 0 unspecified atom stereocenters. The van der Waals surface area contributed by atoms with Crippen molar-refractivity contribution in [1.29, 1.82) is 0 Å². The van der Waals surface area contributed by atoms with Gasteiger partial charge in [0.1, 0.15) is 17.1 Å². The molecule has 8 nitrogen and oxygen atoms in total. The second-order valence-corrected chi connectivity index (χ2v) is 6.46. The van der Waals surface area contributed by atoms with Crippen LogP contribution in [0, 0.1) is 0 Å². The molecule has 8 heteroatoms. The molecule has 0 atom stereocenters. The van der Waals surface area contributed by atoms with Crippen molar-refractivity contribution in [3.8, 4) is 11.5 Å². The molecule has 0 aliphatic heterocycles. The van der Waals surface area contributed by atoms with E-state index in [1.165, 1.54) is 0 Å². The lowest BCUT2D eigenvalue weighted by Crippen LogP contribution is -2.42. The smallest absolute Gasteiger partial charge is 0.407 e. The number of guanidine groups is 1. The molecule has 1 rings (SSSR count). The van der Waals surface area contributed by atoms with E-state index in [9.17, 15) is 4.79 Å². The average molecular weight is 366 g/mol. The molecular formula is C18H30N4O4. The highest BCUT2D eigenvalue weighted by Gasteiger charge is 2.15. The number of hydrogen-bond donors (Lipinski definition) is 3. The van der Waals surface area contributed by atoms with Crippen LogP contribution in [-0.2, 0) is 11.3 Å². The average Bonchev–Trinajstić information content (AvgIpc) is 2.59. The Labute approximate surface area is 155 Å². The zero-order valence-electron chi connectivity index (χ0n) is 16.4. The standard InChI is InChI=1S/C18H30N4O4/c1-18(2,3)26-17(23)21-10-9-20-16(19-4)22-12-13-7-8-14(24-5)11-15(13)25-6/h7-8,11H,9-10,12H2,1-6H3,(H,21,23)(H2,19,20,22). The number of ether oxygens (including phenoxy) is 3. The Kier molecular flexibility index (Phi) is 8.54. The molecule has 26 heavy (non-hydrogen) atoms. The summed E-state index contributed by atoms with van der Waals surface area (Å²) >= 11 is 0. The summed E-state index contributed by atoms with van der Waals surface area (Å²) in [5.41, 5.74) is 0.468. The molecule has 1 aromatic rings. The fourth-order valence-corrected chi connectivity index (χ4v) is 2.06. The Morgan fingerprint density at radius 2 is 1.77 bits per heavy atom. The van der Waals surface area contributed by atoms with Gasteiger partial charge in [0.15, 0.2) is 5.96 Å². The van der Waals surface area contributed by atoms with Crippen molar-refractivity contribution in [2.24, 2.45) is 4.99 Å². The first-order valence-corrected chi connectivity index (χ1v) is 8.41. The zero-order valence-corrected chi connectivity index (χ0v) is 16.4. The maximum Gasteiger partial charge on any atom is 0.407 e. The van der Waals surface area contributed by atoms with E-state index in [0.29, 0.717) is 25.6 Å². The first-order chi connectivity index (χ1) is 12.3. The molecule has 146 valence electrons. The van der Waals surface area contributed by atoms with Gasteiger partial charge in [-0.1, -0.05) is 0 Å². The van der Waals surface area contributed by atoms with Crippen LogP contribution in [-0.4, -0.2) is 52.0 Å². The van der Waals surface area contributed by atoms with E-state index in [-0.39, 0.29) is 0 Å². The number of aliphatic imine (C=N–C) groups is 1. The molecule has 1 aromatic carbocycles. The zero-order chi connectivity index (χ0) is 19.6. The monoisotopic (exact) mass is 366 g/mol. The molecule has 3 N–H and O–H groups in total. The second-order valence-electron chi connectivity index (χ2n) is 6.46. The largest absolute Gasteiger partial charge is 0.497 e. The van der Waals surface area contributed by atoms with Crippen LogP contribution in [0.3, 0.4) is 0 Å². The van der Waals surface area contributed by atoms with E-state index in [4.69, 9.17) is 14.2 Å². The maximum atomic E-state index is 11.6. The lowest BCUT2D eigenvalue weighted by atomic mass is 10.2. The van der Waals surface area contributed by atoms with Gasteiger partial charge in [-0.2, -0.15) is 0 Å². The second kappa shape index (κ2) is 10.4. The number of nitrogens with zero attached hydrogens (tertiary/aromatic N) is 1. The van der Waals surface area contributed by atoms with Gasteiger partial charge in [-0.25, -0.2) is 4.79 Å². The van der Waals surface area contributed by atoms with Crippen LogP contribution in [0.4, 0.5) is 4.79 Å². The Bertz CT molecular complexity index is 612. The van der Waals surface area contributed by atoms with Crippen LogP contribution in [0.15, 0.2) is 23.2 Å². The van der Waals surface area contributed by atoms with Crippen LogP contribution in [0.25, 0.3) is 0 Å². The van der Waals surface area contributed by atoms with Crippen molar-refractivity contribution in [1.82, 2.24) is 16.0 Å². The predicted molar refractivity (Wildman–Crippen MR) is 102 cm³/mol. The topological polar surface area (TPSA) is 93.2 Å². The minimum absolute atomic E-state index is 0.418. The van der Waals surface area contributed by atoms with E-state index < -0.39 is 11.7 Å². The number of methoxy groups -OCH3 is 2. The van der Waals surface area contributed by atoms with Crippen LogP contribution in [0.5, 0.6) is 11.5 Å². The highest BCUT2D eigenvalue weighted by Crippen LogP contribution is 2.24. The summed E-state index contributed by atoms with van der Waals surface area (Å²) in [6.45, 7) is 6.94. The number of amides is 1. The molecule has 0 aliphatic rings. The lowest BCUT2D eigenvalue weighted by Gasteiger charge is -2.20.